The molecule has 1 aromatic heterocycles. The van der Waals surface area contributed by atoms with Gasteiger partial charge in [0.1, 0.15) is 12.3 Å². The molecule has 0 aliphatic carbocycles. The number of rotatable bonds is 7. The summed E-state index contributed by atoms with van der Waals surface area (Å²) in [5.74, 6) is 0.192. The van der Waals surface area contributed by atoms with E-state index in [2.05, 4.69) is 15.5 Å². The van der Waals surface area contributed by atoms with Gasteiger partial charge in [-0.3, -0.25) is 4.79 Å². The predicted octanol–water partition coefficient (Wildman–Crippen LogP) is 1.58. The molecule has 9 heteroatoms. The van der Waals surface area contributed by atoms with Crippen molar-refractivity contribution in [1.29, 1.82) is 0 Å². The van der Waals surface area contributed by atoms with Crippen molar-refractivity contribution in [1.82, 2.24) is 20.2 Å². The fourth-order valence-electron chi connectivity index (χ4n) is 1.37. The summed E-state index contributed by atoms with van der Waals surface area (Å²) in [5.41, 5.74) is 0. The molecule has 0 aliphatic rings. The second-order valence-electron chi connectivity index (χ2n) is 3.64. The van der Waals surface area contributed by atoms with Gasteiger partial charge in [-0.25, -0.2) is 4.68 Å². The number of tetrazole rings is 1. The number of benzene rings is 1. The summed E-state index contributed by atoms with van der Waals surface area (Å²) in [6.45, 7) is 0.148. The molecule has 0 atom stereocenters. The van der Waals surface area contributed by atoms with E-state index in [4.69, 9.17) is 21.4 Å². The first-order valence-corrected chi connectivity index (χ1v) is 7.01. The minimum atomic E-state index is -0.994. The number of para-hydroxylation sites is 1. The molecule has 1 aromatic carbocycles. The number of aromatic nitrogens is 4. The van der Waals surface area contributed by atoms with Gasteiger partial charge in [-0.1, -0.05) is 35.5 Å². The zero-order chi connectivity index (χ0) is 14.4. The first-order valence-electron chi connectivity index (χ1n) is 5.65. The number of aliphatic carboxylic acids is 1. The summed E-state index contributed by atoms with van der Waals surface area (Å²) < 4.78 is 6.73. The number of halogens is 1. The van der Waals surface area contributed by atoms with Crippen molar-refractivity contribution >= 4 is 29.3 Å². The van der Waals surface area contributed by atoms with Crippen LogP contribution in [0, 0.1) is 0 Å². The van der Waals surface area contributed by atoms with E-state index in [1.807, 2.05) is 12.1 Å². The van der Waals surface area contributed by atoms with E-state index in [9.17, 15) is 4.79 Å². The highest BCUT2D eigenvalue weighted by Gasteiger charge is 2.09. The van der Waals surface area contributed by atoms with E-state index in [1.165, 1.54) is 16.4 Å². The predicted molar refractivity (Wildman–Crippen MR) is 73.1 cm³/mol. The van der Waals surface area contributed by atoms with Gasteiger partial charge in [0.2, 0.25) is 5.16 Å². The lowest BCUT2D eigenvalue weighted by Gasteiger charge is -2.07. The Hall–Kier alpha value is -1.80. The Morgan fingerprint density at radius 1 is 1.45 bits per heavy atom. The summed E-state index contributed by atoms with van der Waals surface area (Å²) >= 11 is 7.27. The Morgan fingerprint density at radius 2 is 2.25 bits per heavy atom. The van der Waals surface area contributed by atoms with Gasteiger partial charge in [0.05, 0.1) is 11.6 Å². The number of carboxylic acid groups (broad SMARTS) is 1. The molecular formula is C11H11ClN4O3S. The lowest BCUT2D eigenvalue weighted by Crippen LogP contribution is -2.12. The Labute approximate surface area is 123 Å². The summed E-state index contributed by atoms with van der Waals surface area (Å²) in [6, 6.07) is 7.19. The quantitative estimate of drug-likeness (QED) is 0.613. The third-order valence-electron chi connectivity index (χ3n) is 2.19. The maximum absolute atomic E-state index is 10.6. The van der Waals surface area contributed by atoms with Crippen LogP contribution in [0.5, 0.6) is 5.75 Å². The lowest BCUT2D eigenvalue weighted by molar-refractivity contribution is -0.138. The number of carboxylic acids is 1. The van der Waals surface area contributed by atoms with Crippen molar-refractivity contribution in [3.8, 4) is 5.75 Å². The van der Waals surface area contributed by atoms with Crippen LogP contribution in [0.15, 0.2) is 29.4 Å². The lowest BCUT2D eigenvalue weighted by atomic mass is 10.3. The second kappa shape index (κ2) is 7.11. The summed E-state index contributed by atoms with van der Waals surface area (Å²) in [4.78, 5) is 10.6. The fraction of sp³-hybridized carbons (Fsp3) is 0.273. The van der Waals surface area contributed by atoms with Crippen LogP contribution in [-0.4, -0.2) is 43.6 Å². The molecule has 0 amide bonds. The molecule has 0 fully saturated rings. The highest BCUT2D eigenvalue weighted by molar-refractivity contribution is 7.99. The van der Waals surface area contributed by atoms with Gasteiger partial charge < -0.3 is 9.84 Å². The van der Waals surface area contributed by atoms with Crippen molar-refractivity contribution in [2.75, 3.05) is 12.4 Å². The number of ether oxygens (including phenoxy) is 1. The van der Waals surface area contributed by atoms with Gasteiger partial charge in [0.15, 0.2) is 0 Å². The van der Waals surface area contributed by atoms with Crippen LogP contribution < -0.4 is 4.74 Å². The largest absolute Gasteiger partial charge is 0.491 e. The first-order chi connectivity index (χ1) is 9.66. The van der Waals surface area contributed by atoms with E-state index < -0.39 is 5.97 Å². The molecule has 0 spiro atoms. The maximum Gasteiger partial charge on any atom is 0.325 e. The van der Waals surface area contributed by atoms with Gasteiger partial charge >= 0.3 is 5.97 Å². The van der Waals surface area contributed by atoms with Crippen molar-refractivity contribution in [2.45, 2.75) is 11.7 Å². The number of nitrogens with zero attached hydrogens (tertiary/aromatic N) is 4. The zero-order valence-electron chi connectivity index (χ0n) is 10.3. The summed E-state index contributed by atoms with van der Waals surface area (Å²) in [6.07, 6.45) is 0. The average Bonchev–Trinajstić information content (AvgIpc) is 2.83. The van der Waals surface area contributed by atoms with Gasteiger partial charge in [-0.05, 0) is 22.6 Å². The monoisotopic (exact) mass is 314 g/mol. The number of hydrogen-bond donors (Lipinski definition) is 1. The summed E-state index contributed by atoms with van der Waals surface area (Å²) in [5, 5.41) is 20.5. The summed E-state index contributed by atoms with van der Waals surface area (Å²) in [7, 11) is 0. The molecule has 0 radical (unpaired) electrons. The van der Waals surface area contributed by atoms with Crippen LogP contribution in [0.1, 0.15) is 0 Å². The van der Waals surface area contributed by atoms with Crippen molar-refractivity contribution < 1.29 is 14.6 Å². The van der Waals surface area contributed by atoms with Crippen LogP contribution >= 0.6 is 23.4 Å². The molecule has 0 saturated carbocycles. The van der Waals surface area contributed by atoms with Crippen LogP contribution in [0.3, 0.4) is 0 Å². The molecule has 7 nitrogen and oxygen atoms in total. The van der Waals surface area contributed by atoms with Gasteiger partial charge in [-0.15, -0.1) is 5.10 Å². The molecule has 0 unspecified atom stereocenters. The second-order valence-corrected chi connectivity index (χ2v) is 5.11. The fourth-order valence-corrected chi connectivity index (χ4v) is 2.26. The van der Waals surface area contributed by atoms with E-state index >= 15 is 0 Å². The molecule has 1 heterocycles. The standard InChI is InChI=1S/C11H11ClN4O3S/c12-8-3-1-2-4-9(8)19-5-6-20-11-13-14-15-16(11)7-10(17)18/h1-4H,5-7H2,(H,17,18). The minimum absolute atomic E-state index is 0.263. The number of thioether (sulfide) groups is 1. The number of hydrogen-bond acceptors (Lipinski definition) is 6. The minimum Gasteiger partial charge on any atom is -0.491 e. The van der Waals surface area contributed by atoms with Gasteiger partial charge in [0.25, 0.3) is 0 Å². The third-order valence-corrected chi connectivity index (χ3v) is 3.43. The zero-order valence-corrected chi connectivity index (χ0v) is 11.8. The molecule has 0 saturated heterocycles. The molecule has 0 bridgehead atoms. The van der Waals surface area contributed by atoms with Gasteiger partial charge in [0, 0.05) is 5.75 Å². The molecule has 20 heavy (non-hydrogen) atoms. The highest BCUT2D eigenvalue weighted by Crippen LogP contribution is 2.23. The van der Waals surface area contributed by atoms with Crippen LogP contribution in [0.25, 0.3) is 0 Å². The average molecular weight is 315 g/mol. The molecule has 0 aliphatic heterocycles. The first kappa shape index (κ1) is 14.6. The topological polar surface area (TPSA) is 90.1 Å². The molecule has 2 rings (SSSR count). The van der Waals surface area contributed by atoms with Gasteiger partial charge in [-0.2, -0.15) is 0 Å². The van der Waals surface area contributed by atoms with Crippen molar-refractivity contribution in [3.63, 3.8) is 0 Å². The van der Waals surface area contributed by atoms with Crippen LogP contribution in [0.2, 0.25) is 5.02 Å². The van der Waals surface area contributed by atoms with Crippen LogP contribution in [0.4, 0.5) is 0 Å². The Kier molecular flexibility index (Phi) is 5.19. The Balaban J connectivity index is 1.80. The van der Waals surface area contributed by atoms with E-state index in [0.717, 1.165) is 0 Å². The number of carbonyl (C=O) groups is 1. The SMILES string of the molecule is O=C(O)Cn1nnnc1SCCOc1ccccc1Cl. The van der Waals surface area contributed by atoms with E-state index in [1.54, 1.807) is 12.1 Å². The normalized spacial score (nSPS) is 10.4. The molecule has 1 N–H and O–H groups in total. The van der Waals surface area contributed by atoms with Crippen molar-refractivity contribution in [2.24, 2.45) is 0 Å². The molecular weight excluding hydrogens is 304 g/mol. The smallest absolute Gasteiger partial charge is 0.325 e. The Bertz CT molecular complexity index is 593. The van der Waals surface area contributed by atoms with Crippen LogP contribution in [-0.2, 0) is 11.3 Å². The maximum atomic E-state index is 10.6. The van der Waals surface area contributed by atoms with E-state index in [-0.39, 0.29) is 6.54 Å². The Morgan fingerprint density at radius 3 is 3.00 bits per heavy atom. The van der Waals surface area contributed by atoms with E-state index in [0.29, 0.717) is 28.3 Å². The van der Waals surface area contributed by atoms with Crippen molar-refractivity contribution in [3.05, 3.63) is 29.3 Å². The highest BCUT2D eigenvalue weighted by atomic mass is 35.5. The molecule has 2 aromatic rings. The molecule has 106 valence electrons. The third kappa shape index (κ3) is 4.10.